The van der Waals surface area contributed by atoms with E-state index in [-0.39, 0.29) is 12.0 Å². The van der Waals surface area contributed by atoms with Gasteiger partial charge in [0.05, 0.1) is 0 Å². The normalized spacial score (nSPS) is 29.7. The van der Waals surface area contributed by atoms with Gasteiger partial charge in [-0.15, -0.1) is 0 Å². The van der Waals surface area contributed by atoms with E-state index in [1.807, 2.05) is 0 Å². The minimum absolute atomic E-state index is 0.00750. The predicted octanol–water partition coefficient (Wildman–Crippen LogP) is 0.536. The van der Waals surface area contributed by atoms with Crippen LogP contribution in [0.1, 0.15) is 12.8 Å². The molecule has 5 heteroatoms. The fraction of sp³-hybridized carbons (Fsp3) is 0.750. The van der Waals surface area contributed by atoms with Crippen molar-refractivity contribution in [1.82, 2.24) is 4.90 Å². The van der Waals surface area contributed by atoms with Crippen LogP contribution in [0, 0.1) is 6.73 Å². The molecule has 2 rings (SSSR count). The van der Waals surface area contributed by atoms with Crippen molar-refractivity contribution in [2.45, 2.75) is 18.9 Å². The molecule has 0 amide bonds. The van der Waals surface area contributed by atoms with E-state index in [0.29, 0.717) is 6.54 Å². The summed E-state index contributed by atoms with van der Waals surface area (Å²) >= 11 is 0. The van der Waals surface area contributed by atoms with Crippen LogP contribution >= 0.6 is 0 Å². The average Bonchev–Trinajstić information content (AvgIpc) is 2.71. The van der Waals surface area contributed by atoms with Crippen molar-refractivity contribution in [3.63, 3.8) is 0 Å². The highest BCUT2D eigenvalue weighted by Crippen LogP contribution is 2.13. The number of likely N-dealkylation sites (tertiary alicyclic amines) is 1. The molecular formula is C8H14N3O2-. The van der Waals surface area contributed by atoms with Crippen molar-refractivity contribution in [2.75, 3.05) is 19.6 Å². The highest BCUT2D eigenvalue weighted by molar-refractivity contribution is 5.75. The first kappa shape index (κ1) is 8.65. The Morgan fingerprint density at radius 1 is 1.62 bits per heavy atom. The fourth-order valence-electron chi connectivity index (χ4n) is 1.73. The second kappa shape index (κ2) is 3.43. The first-order valence-corrected chi connectivity index (χ1v) is 4.55. The molecule has 0 aromatic carbocycles. The molecule has 0 aromatic heterocycles. The first-order valence-electron chi connectivity index (χ1n) is 4.55. The Bertz CT molecular complexity index is 223. The van der Waals surface area contributed by atoms with Crippen molar-refractivity contribution < 1.29 is 14.5 Å². The summed E-state index contributed by atoms with van der Waals surface area (Å²) in [7, 11) is 0. The lowest BCUT2D eigenvalue weighted by Crippen LogP contribution is -2.35. The number of ether oxygens (including phenoxy) is 1. The maximum Gasteiger partial charge on any atom is 0.216 e. The molecule has 1 unspecified atom stereocenters. The zero-order chi connectivity index (χ0) is 9.26. The molecule has 13 heavy (non-hydrogen) atoms. The first-order chi connectivity index (χ1) is 6.27. The molecule has 0 spiro atoms. The van der Waals surface area contributed by atoms with E-state index in [1.165, 1.54) is 19.6 Å². The van der Waals surface area contributed by atoms with Crippen molar-refractivity contribution >= 4 is 5.90 Å². The molecule has 2 aliphatic heterocycles. The van der Waals surface area contributed by atoms with Gasteiger partial charge in [0.2, 0.25) is 5.90 Å². The van der Waals surface area contributed by atoms with E-state index in [0.717, 1.165) is 17.8 Å². The van der Waals surface area contributed by atoms with E-state index in [9.17, 15) is 5.11 Å². The third kappa shape index (κ3) is 1.71. The molecule has 2 heterocycles. The lowest BCUT2D eigenvalue weighted by Gasteiger charge is -2.19. The standard InChI is InChI=1S/C8H14N3O2/c9-11-6-13-7(8(11)12)5-10-3-1-2-4-10/h6-7,9,12H,1-5H2/q-1. The minimum Gasteiger partial charge on any atom is -0.546 e. The van der Waals surface area contributed by atoms with Gasteiger partial charge in [0.1, 0.15) is 12.8 Å². The number of aliphatic hydroxyl groups is 1. The second-order valence-corrected chi connectivity index (χ2v) is 3.47. The lowest BCUT2D eigenvalue weighted by atomic mass is 10.3. The van der Waals surface area contributed by atoms with E-state index < -0.39 is 0 Å². The molecular weight excluding hydrogens is 170 g/mol. The molecule has 1 atom stereocenters. The Kier molecular flexibility index (Phi) is 2.28. The Balaban J connectivity index is 1.88. The summed E-state index contributed by atoms with van der Waals surface area (Å²) in [5, 5.41) is 9.39. The van der Waals surface area contributed by atoms with Crippen molar-refractivity contribution in [3.8, 4) is 0 Å². The van der Waals surface area contributed by atoms with E-state index in [4.69, 9.17) is 10.6 Å². The number of hydrogen-bond donors (Lipinski definition) is 1. The lowest BCUT2D eigenvalue weighted by molar-refractivity contribution is -0.442. The van der Waals surface area contributed by atoms with Crippen LogP contribution in [0.5, 0.6) is 0 Å². The molecule has 0 bridgehead atoms. The van der Waals surface area contributed by atoms with Crippen LogP contribution in [0.25, 0.3) is 5.84 Å². The number of hydrogen-bond acceptors (Lipinski definition) is 2. The zero-order valence-corrected chi connectivity index (χ0v) is 7.44. The van der Waals surface area contributed by atoms with Crippen LogP contribution in [0.2, 0.25) is 0 Å². The third-order valence-electron chi connectivity index (χ3n) is 2.49. The molecule has 74 valence electrons. The topological polar surface area (TPSA) is 59.5 Å². The van der Waals surface area contributed by atoms with Crippen molar-refractivity contribution in [1.29, 1.82) is 0 Å². The molecule has 2 aliphatic rings. The van der Waals surface area contributed by atoms with Gasteiger partial charge in [0.15, 0.2) is 0 Å². The summed E-state index contributed by atoms with van der Waals surface area (Å²) in [5.74, 6) is 7.18. The van der Waals surface area contributed by atoms with Gasteiger partial charge in [0, 0.05) is 6.54 Å². The molecule has 0 aliphatic carbocycles. The highest BCUT2D eigenvalue weighted by atomic mass is 16.5. The second-order valence-electron chi connectivity index (χ2n) is 3.47. The van der Waals surface area contributed by atoms with Gasteiger partial charge in [0.25, 0.3) is 0 Å². The van der Waals surface area contributed by atoms with Gasteiger partial charge in [-0.3, -0.25) is 0 Å². The molecule has 0 radical (unpaired) electrons. The van der Waals surface area contributed by atoms with E-state index >= 15 is 0 Å². The van der Waals surface area contributed by atoms with Gasteiger partial charge in [-0.2, -0.15) is 0 Å². The summed E-state index contributed by atoms with van der Waals surface area (Å²) in [6, 6.07) is 0. The summed E-state index contributed by atoms with van der Waals surface area (Å²) in [4.78, 5) is 2.24. The summed E-state index contributed by atoms with van der Waals surface area (Å²) < 4.78 is 6.00. The Morgan fingerprint density at radius 2 is 2.31 bits per heavy atom. The monoisotopic (exact) mass is 184 g/mol. The number of rotatable bonds is 2. The molecule has 1 fully saturated rings. The van der Waals surface area contributed by atoms with E-state index in [2.05, 4.69) is 4.90 Å². The number of nitrogens with zero attached hydrogens (tertiary/aromatic N) is 2. The maximum atomic E-state index is 9.39. The van der Waals surface area contributed by atoms with Gasteiger partial charge >= 0.3 is 0 Å². The molecule has 0 aromatic rings. The van der Waals surface area contributed by atoms with Gasteiger partial charge in [-0.05, 0) is 25.9 Å². The summed E-state index contributed by atoms with van der Waals surface area (Å²) in [6.07, 6.45) is 2.11. The highest BCUT2D eigenvalue weighted by Gasteiger charge is 2.24. The van der Waals surface area contributed by atoms with Crippen molar-refractivity contribution in [3.05, 3.63) is 12.6 Å². The smallest absolute Gasteiger partial charge is 0.216 e. The van der Waals surface area contributed by atoms with Crippen LogP contribution in [0.4, 0.5) is 0 Å². The predicted molar refractivity (Wildman–Crippen MR) is 47.1 cm³/mol. The quantitative estimate of drug-likeness (QED) is 0.503. The van der Waals surface area contributed by atoms with Crippen molar-refractivity contribution in [2.24, 2.45) is 0 Å². The Morgan fingerprint density at radius 3 is 2.85 bits per heavy atom. The molecule has 1 saturated heterocycles. The van der Waals surface area contributed by atoms with Crippen LogP contribution in [-0.4, -0.2) is 46.3 Å². The average molecular weight is 184 g/mol. The molecule has 0 saturated carbocycles. The number of aliphatic hydroxyl groups excluding tert-OH is 1. The SMILES string of the molecule is [NH-][N+]1=C(O)C(CN2CCCC2)O[CH-]1. The van der Waals surface area contributed by atoms with Crippen LogP contribution in [0.15, 0.2) is 0 Å². The van der Waals surface area contributed by atoms with Crippen LogP contribution in [-0.2, 0) is 4.74 Å². The Labute approximate surface area is 77.4 Å². The fourth-order valence-corrected chi connectivity index (χ4v) is 1.73. The Hall–Kier alpha value is -0.940. The summed E-state index contributed by atoms with van der Waals surface area (Å²) in [5.41, 5.74) is 0. The number of nitrogens with one attached hydrogen (secondary N) is 1. The maximum absolute atomic E-state index is 9.39. The summed E-state index contributed by atoms with van der Waals surface area (Å²) in [6.45, 7) is 4.07. The van der Waals surface area contributed by atoms with E-state index in [1.54, 1.807) is 0 Å². The largest absolute Gasteiger partial charge is 0.546 e. The molecule has 2 N–H and O–H groups in total. The van der Waals surface area contributed by atoms with Crippen LogP contribution in [0.3, 0.4) is 0 Å². The molecule has 5 nitrogen and oxygen atoms in total. The zero-order valence-electron chi connectivity index (χ0n) is 7.44. The third-order valence-corrected chi connectivity index (χ3v) is 2.49. The van der Waals surface area contributed by atoms with Gasteiger partial charge in [-0.25, -0.2) is 0 Å². The van der Waals surface area contributed by atoms with Gasteiger partial charge in [-0.1, -0.05) is 0 Å². The minimum atomic E-state index is -0.337. The van der Waals surface area contributed by atoms with Crippen LogP contribution < -0.4 is 0 Å². The van der Waals surface area contributed by atoms with Gasteiger partial charge < -0.3 is 25.3 Å².